The van der Waals surface area contributed by atoms with Crippen LogP contribution in [0.1, 0.15) is 42.3 Å². The first-order valence-electron chi connectivity index (χ1n) is 8.38. The number of ether oxygens (including phenoxy) is 3. The second-order valence-electron chi connectivity index (χ2n) is 6.89. The van der Waals surface area contributed by atoms with Crippen LogP contribution in [-0.2, 0) is 27.3 Å². The van der Waals surface area contributed by atoms with Crippen LogP contribution in [0.2, 0.25) is 0 Å². The lowest BCUT2D eigenvalue weighted by Gasteiger charge is -2.19. The van der Waals surface area contributed by atoms with Crippen molar-refractivity contribution >= 4 is 11.9 Å². The first-order valence-corrected chi connectivity index (χ1v) is 8.38. The van der Waals surface area contributed by atoms with Crippen molar-refractivity contribution in [1.82, 2.24) is 0 Å². The molecule has 0 unspecified atom stereocenters. The molecule has 2 aromatic carbocycles. The minimum atomic E-state index is -0.532. The zero-order valence-electron chi connectivity index (χ0n) is 15.6. The molecule has 0 N–H and O–H groups in total. The Hall–Kier alpha value is -2.82. The molecule has 138 valence electrons. The normalized spacial score (nSPS) is 10.9. The minimum absolute atomic E-state index is 0.231. The minimum Gasteiger partial charge on any atom is -0.489 e. The fraction of sp³-hybridized carbons (Fsp3) is 0.333. The molecule has 0 spiro atoms. The summed E-state index contributed by atoms with van der Waals surface area (Å²) in [6.45, 7) is 5.83. The molecule has 0 aliphatic heterocycles. The van der Waals surface area contributed by atoms with Crippen molar-refractivity contribution in [1.29, 1.82) is 0 Å². The Morgan fingerprint density at radius 2 is 1.65 bits per heavy atom. The summed E-state index contributed by atoms with van der Waals surface area (Å²) in [5.41, 5.74) is 1.69. The molecule has 0 aromatic heterocycles. The van der Waals surface area contributed by atoms with Crippen molar-refractivity contribution in [2.75, 3.05) is 7.11 Å². The van der Waals surface area contributed by atoms with E-state index in [1.165, 1.54) is 7.11 Å². The summed E-state index contributed by atoms with van der Waals surface area (Å²) in [6, 6.07) is 14.4. The molecule has 26 heavy (non-hydrogen) atoms. The number of hydrogen-bond donors (Lipinski definition) is 0. The van der Waals surface area contributed by atoms with Crippen LogP contribution in [0.3, 0.4) is 0 Å². The maximum absolute atomic E-state index is 12.1. The van der Waals surface area contributed by atoms with Gasteiger partial charge in [0, 0.05) is 0 Å². The van der Waals surface area contributed by atoms with Crippen LogP contribution in [0.15, 0.2) is 48.5 Å². The summed E-state index contributed by atoms with van der Waals surface area (Å²) in [7, 11) is 1.37. The van der Waals surface area contributed by atoms with Crippen LogP contribution in [0.5, 0.6) is 5.75 Å². The molecule has 0 saturated carbocycles. The van der Waals surface area contributed by atoms with E-state index in [-0.39, 0.29) is 18.4 Å². The quantitative estimate of drug-likeness (QED) is 0.734. The Balaban J connectivity index is 1.96. The van der Waals surface area contributed by atoms with Crippen molar-refractivity contribution in [3.05, 3.63) is 65.2 Å². The van der Waals surface area contributed by atoms with E-state index in [1.54, 1.807) is 30.3 Å². The Labute approximate surface area is 153 Å². The van der Waals surface area contributed by atoms with Crippen LogP contribution in [0, 0.1) is 0 Å². The molecule has 2 rings (SSSR count). The van der Waals surface area contributed by atoms with Gasteiger partial charge in [-0.2, -0.15) is 0 Å². The van der Waals surface area contributed by atoms with Gasteiger partial charge < -0.3 is 14.2 Å². The van der Waals surface area contributed by atoms with Gasteiger partial charge in [-0.1, -0.05) is 24.3 Å². The molecule has 0 saturated heterocycles. The van der Waals surface area contributed by atoms with E-state index in [2.05, 4.69) is 4.74 Å². The summed E-state index contributed by atoms with van der Waals surface area (Å²) in [5, 5.41) is 0. The van der Waals surface area contributed by atoms with Gasteiger partial charge in [0.2, 0.25) is 0 Å². The number of hydrogen-bond acceptors (Lipinski definition) is 5. The summed E-state index contributed by atoms with van der Waals surface area (Å²) >= 11 is 0. The molecule has 5 heteroatoms. The van der Waals surface area contributed by atoms with Crippen LogP contribution in [0.4, 0.5) is 0 Å². The van der Waals surface area contributed by atoms with E-state index in [0.717, 1.165) is 11.1 Å². The average molecular weight is 356 g/mol. The summed E-state index contributed by atoms with van der Waals surface area (Å²) in [6.07, 6.45) is 0.231. The third-order valence-corrected chi connectivity index (χ3v) is 3.47. The van der Waals surface area contributed by atoms with Gasteiger partial charge in [0.25, 0.3) is 0 Å². The average Bonchev–Trinajstić information content (AvgIpc) is 2.60. The highest BCUT2D eigenvalue weighted by Gasteiger charge is 2.18. The first-order chi connectivity index (χ1) is 12.3. The van der Waals surface area contributed by atoms with Crippen LogP contribution in [0.25, 0.3) is 0 Å². The fourth-order valence-corrected chi connectivity index (χ4v) is 2.23. The van der Waals surface area contributed by atoms with Gasteiger partial charge in [-0.05, 0) is 56.2 Å². The number of benzene rings is 2. The maximum Gasteiger partial charge on any atom is 0.338 e. The van der Waals surface area contributed by atoms with Gasteiger partial charge in [0.05, 0.1) is 19.1 Å². The topological polar surface area (TPSA) is 61.8 Å². The fourth-order valence-electron chi connectivity index (χ4n) is 2.23. The SMILES string of the molecule is COC(=O)Cc1ccc(OCc2cccc(C(=O)OC(C)(C)C)c2)cc1. The van der Waals surface area contributed by atoms with E-state index in [1.807, 2.05) is 39.0 Å². The first kappa shape index (κ1) is 19.5. The molecule has 0 amide bonds. The van der Waals surface area contributed by atoms with Crippen molar-refractivity contribution in [3.63, 3.8) is 0 Å². The molecule has 0 heterocycles. The number of methoxy groups -OCH3 is 1. The van der Waals surface area contributed by atoms with Crippen molar-refractivity contribution in [2.24, 2.45) is 0 Å². The molecule has 0 radical (unpaired) electrons. The van der Waals surface area contributed by atoms with Crippen molar-refractivity contribution in [3.8, 4) is 5.75 Å². The molecule has 5 nitrogen and oxygen atoms in total. The van der Waals surface area contributed by atoms with E-state index in [4.69, 9.17) is 9.47 Å². The zero-order chi connectivity index (χ0) is 19.2. The largest absolute Gasteiger partial charge is 0.489 e. The third kappa shape index (κ3) is 6.24. The third-order valence-electron chi connectivity index (χ3n) is 3.47. The lowest BCUT2D eigenvalue weighted by atomic mass is 10.1. The standard InChI is InChI=1S/C21H24O5/c1-21(2,3)26-20(23)17-7-5-6-16(12-17)14-25-18-10-8-15(9-11-18)13-19(22)24-4/h5-12H,13-14H2,1-4H3. The molecule has 0 atom stereocenters. The predicted molar refractivity (Wildman–Crippen MR) is 98.1 cm³/mol. The maximum atomic E-state index is 12.1. The Kier molecular flexibility index (Phi) is 6.39. The van der Waals surface area contributed by atoms with Gasteiger partial charge in [-0.3, -0.25) is 4.79 Å². The number of carbonyl (C=O) groups excluding carboxylic acids is 2. The molecular weight excluding hydrogens is 332 g/mol. The van der Waals surface area contributed by atoms with E-state index in [9.17, 15) is 9.59 Å². The molecule has 0 bridgehead atoms. The van der Waals surface area contributed by atoms with Gasteiger partial charge in [-0.25, -0.2) is 4.79 Å². The number of carbonyl (C=O) groups is 2. The molecular formula is C21H24O5. The Morgan fingerprint density at radius 3 is 2.27 bits per heavy atom. The van der Waals surface area contributed by atoms with Gasteiger partial charge in [0.1, 0.15) is 18.0 Å². The molecule has 0 aliphatic rings. The predicted octanol–water partition coefficient (Wildman–Crippen LogP) is 3.94. The summed E-state index contributed by atoms with van der Waals surface area (Å²) < 4.78 is 15.8. The van der Waals surface area contributed by atoms with Crippen LogP contribution < -0.4 is 4.74 Å². The van der Waals surface area contributed by atoms with Crippen molar-refractivity contribution < 1.29 is 23.8 Å². The molecule has 0 fully saturated rings. The Morgan fingerprint density at radius 1 is 0.962 bits per heavy atom. The monoisotopic (exact) mass is 356 g/mol. The second kappa shape index (κ2) is 8.52. The Bertz CT molecular complexity index is 757. The highest BCUT2D eigenvalue weighted by Crippen LogP contribution is 2.17. The van der Waals surface area contributed by atoms with Gasteiger partial charge >= 0.3 is 11.9 Å². The van der Waals surface area contributed by atoms with Gasteiger partial charge in [0.15, 0.2) is 0 Å². The number of rotatable bonds is 6. The van der Waals surface area contributed by atoms with Gasteiger partial charge in [-0.15, -0.1) is 0 Å². The van der Waals surface area contributed by atoms with E-state index < -0.39 is 5.60 Å². The summed E-state index contributed by atoms with van der Waals surface area (Å²) in [5.74, 6) is 0.0467. The number of esters is 2. The summed E-state index contributed by atoms with van der Waals surface area (Å²) in [4.78, 5) is 23.4. The van der Waals surface area contributed by atoms with E-state index in [0.29, 0.717) is 17.9 Å². The van der Waals surface area contributed by atoms with Crippen molar-refractivity contribution in [2.45, 2.75) is 39.4 Å². The zero-order valence-corrected chi connectivity index (χ0v) is 15.6. The second-order valence-corrected chi connectivity index (χ2v) is 6.89. The van der Waals surface area contributed by atoms with Crippen LogP contribution >= 0.6 is 0 Å². The smallest absolute Gasteiger partial charge is 0.338 e. The highest BCUT2D eigenvalue weighted by molar-refractivity contribution is 5.89. The lowest BCUT2D eigenvalue weighted by Crippen LogP contribution is -2.23. The van der Waals surface area contributed by atoms with E-state index >= 15 is 0 Å². The van der Waals surface area contributed by atoms with Crippen LogP contribution in [-0.4, -0.2) is 24.6 Å². The highest BCUT2D eigenvalue weighted by atomic mass is 16.6. The molecule has 2 aromatic rings. The molecule has 0 aliphatic carbocycles. The lowest BCUT2D eigenvalue weighted by molar-refractivity contribution is -0.139.